The number of aromatic nitrogens is 4. The Morgan fingerprint density at radius 3 is 2.75 bits per heavy atom. The fourth-order valence-corrected chi connectivity index (χ4v) is 2.56. The fraction of sp³-hybridized carbons (Fsp3) is 0.267. The molecule has 0 fully saturated rings. The second-order valence-electron chi connectivity index (χ2n) is 4.76. The molecule has 1 atom stereocenters. The number of imidazole rings is 1. The highest BCUT2D eigenvalue weighted by Crippen LogP contribution is 2.24. The van der Waals surface area contributed by atoms with Crippen molar-refractivity contribution in [2.24, 2.45) is 0 Å². The Bertz CT molecular complexity index is 736. The lowest BCUT2D eigenvalue weighted by Gasteiger charge is -2.15. The molecule has 0 aliphatic rings. The summed E-state index contributed by atoms with van der Waals surface area (Å²) < 4.78 is 2.07. The first-order valence-electron chi connectivity index (χ1n) is 6.52. The maximum atomic E-state index is 6.04. The lowest BCUT2D eigenvalue weighted by molar-refractivity contribution is 0.611. The van der Waals surface area contributed by atoms with Crippen LogP contribution in [0.15, 0.2) is 36.5 Å². The van der Waals surface area contributed by atoms with Gasteiger partial charge in [-0.15, -0.1) is 11.6 Å². The van der Waals surface area contributed by atoms with Gasteiger partial charge in [-0.05, 0) is 38.1 Å². The number of aryl methyl sites for hydroxylation is 1. The van der Waals surface area contributed by atoms with Gasteiger partial charge < -0.3 is 4.57 Å². The lowest BCUT2D eigenvalue weighted by Crippen LogP contribution is -2.12. The van der Waals surface area contributed by atoms with Gasteiger partial charge in [0, 0.05) is 11.9 Å². The van der Waals surface area contributed by atoms with E-state index in [-0.39, 0.29) is 6.04 Å². The molecule has 0 bridgehead atoms. The summed E-state index contributed by atoms with van der Waals surface area (Å²) in [5, 5.41) is 0. The quantitative estimate of drug-likeness (QED) is 0.692. The molecule has 0 aliphatic heterocycles. The molecule has 0 saturated carbocycles. The van der Waals surface area contributed by atoms with Crippen molar-refractivity contribution in [3.8, 4) is 0 Å². The number of hydrogen-bond donors (Lipinski definition) is 0. The average molecular weight is 287 g/mol. The summed E-state index contributed by atoms with van der Waals surface area (Å²) in [6, 6.07) is 9.89. The van der Waals surface area contributed by atoms with Crippen molar-refractivity contribution in [1.29, 1.82) is 0 Å². The van der Waals surface area contributed by atoms with E-state index in [1.54, 1.807) is 6.20 Å². The number of fused-ring (bicyclic) bond motifs is 1. The standard InChI is InChI=1S/C15H15ClN4/c1-10-6-7-13-15(18-10)20(14(9-16)19-13)11(2)12-5-3-4-8-17-12/h3-8,11H,9H2,1-2H3. The van der Waals surface area contributed by atoms with E-state index in [1.165, 1.54) is 0 Å². The first kappa shape index (κ1) is 13.1. The molecule has 0 spiro atoms. The van der Waals surface area contributed by atoms with Gasteiger partial charge in [0.25, 0.3) is 0 Å². The van der Waals surface area contributed by atoms with E-state index in [2.05, 4.69) is 26.4 Å². The third-order valence-electron chi connectivity index (χ3n) is 3.37. The average Bonchev–Trinajstić information content (AvgIpc) is 2.85. The van der Waals surface area contributed by atoms with Gasteiger partial charge in [-0.25, -0.2) is 9.97 Å². The van der Waals surface area contributed by atoms with Crippen molar-refractivity contribution >= 4 is 22.8 Å². The van der Waals surface area contributed by atoms with E-state index in [9.17, 15) is 0 Å². The monoisotopic (exact) mass is 286 g/mol. The molecule has 3 heterocycles. The molecule has 4 nitrogen and oxygen atoms in total. The number of rotatable bonds is 3. The second kappa shape index (κ2) is 5.21. The van der Waals surface area contributed by atoms with E-state index in [0.717, 1.165) is 28.4 Å². The van der Waals surface area contributed by atoms with Gasteiger partial charge in [0.1, 0.15) is 11.3 Å². The Morgan fingerprint density at radius 1 is 1.20 bits per heavy atom. The highest BCUT2D eigenvalue weighted by molar-refractivity contribution is 6.16. The minimum Gasteiger partial charge on any atom is -0.303 e. The van der Waals surface area contributed by atoms with E-state index in [4.69, 9.17) is 11.6 Å². The predicted octanol–water partition coefficient (Wildman–Crippen LogP) is 3.48. The molecule has 0 aromatic carbocycles. The smallest absolute Gasteiger partial charge is 0.160 e. The van der Waals surface area contributed by atoms with Crippen molar-refractivity contribution in [1.82, 2.24) is 19.5 Å². The summed E-state index contributed by atoms with van der Waals surface area (Å²) >= 11 is 6.04. The summed E-state index contributed by atoms with van der Waals surface area (Å²) in [4.78, 5) is 13.6. The zero-order chi connectivity index (χ0) is 14.1. The van der Waals surface area contributed by atoms with E-state index >= 15 is 0 Å². The first-order valence-corrected chi connectivity index (χ1v) is 7.05. The van der Waals surface area contributed by atoms with Crippen LogP contribution in [0.25, 0.3) is 11.2 Å². The van der Waals surface area contributed by atoms with Gasteiger partial charge in [-0.1, -0.05) is 6.07 Å². The molecule has 3 rings (SSSR count). The van der Waals surface area contributed by atoms with Crippen LogP contribution in [-0.2, 0) is 5.88 Å². The molecular weight excluding hydrogens is 272 g/mol. The van der Waals surface area contributed by atoms with E-state index in [1.807, 2.05) is 37.3 Å². The molecule has 0 amide bonds. The summed E-state index contributed by atoms with van der Waals surface area (Å²) in [6.07, 6.45) is 1.80. The first-order chi connectivity index (χ1) is 9.70. The maximum absolute atomic E-state index is 6.04. The third kappa shape index (κ3) is 2.16. The zero-order valence-corrected chi connectivity index (χ0v) is 12.2. The number of pyridine rings is 2. The molecule has 102 valence electrons. The van der Waals surface area contributed by atoms with E-state index in [0.29, 0.717) is 5.88 Å². The third-order valence-corrected chi connectivity index (χ3v) is 3.61. The topological polar surface area (TPSA) is 43.6 Å². The molecule has 3 aromatic rings. The Morgan fingerprint density at radius 2 is 2.05 bits per heavy atom. The van der Waals surface area contributed by atoms with Crippen LogP contribution in [0, 0.1) is 6.92 Å². The van der Waals surface area contributed by atoms with Crippen molar-refractivity contribution in [3.05, 3.63) is 53.7 Å². The van der Waals surface area contributed by atoms with Crippen LogP contribution >= 0.6 is 11.6 Å². The highest BCUT2D eigenvalue weighted by atomic mass is 35.5. The summed E-state index contributed by atoms with van der Waals surface area (Å²) in [5.41, 5.74) is 3.67. The van der Waals surface area contributed by atoms with Gasteiger partial charge in [0.2, 0.25) is 0 Å². The number of hydrogen-bond acceptors (Lipinski definition) is 3. The Balaban J connectivity index is 2.21. The van der Waals surface area contributed by atoms with Crippen LogP contribution in [0.3, 0.4) is 0 Å². The van der Waals surface area contributed by atoms with Crippen molar-refractivity contribution < 1.29 is 0 Å². The van der Waals surface area contributed by atoms with Crippen LogP contribution in [0.5, 0.6) is 0 Å². The van der Waals surface area contributed by atoms with Crippen molar-refractivity contribution in [2.75, 3.05) is 0 Å². The predicted molar refractivity (Wildman–Crippen MR) is 79.9 cm³/mol. The fourth-order valence-electron chi connectivity index (χ4n) is 2.37. The minimum atomic E-state index is 0.0456. The Kier molecular flexibility index (Phi) is 3.40. The molecule has 0 radical (unpaired) electrons. The summed E-state index contributed by atoms with van der Waals surface area (Å²) in [6.45, 7) is 4.06. The molecule has 0 N–H and O–H groups in total. The normalized spacial score (nSPS) is 12.8. The summed E-state index contributed by atoms with van der Waals surface area (Å²) in [7, 11) is 0. The van der Waals surface area contributed by atoms with Gasteiger partial charge in [-0.3, -0.25) is 4.98 Å². The molecular formula is C15H15ClN4. The van der Waals surface area contributed by atoms with Crippen LogP contribution in [-0.4, -0.2) is 19.5 Å². The number of nitrogens with zero attached hydrogens (tertiary/aromatic N) is 4. The molecule has 0 saturated heterocycles. The molecule has 3 aromatic heterocycles. The number of halogens is 1. The lowest BCUT2D eigenvalue weighted by atomic mass is 10.2. The second-order valence-corrected chi connectivity index (χ2v) is 5.02. The zero-order valence-electron chi connectivity index (χ0n) is 11.4. The largest absolute Gasteiger partial charge is 0.303 e. The van der Waals surface area contributed by atoms with Crippen LogP contribution in [0.1, 0.15) is 30.2 Å². The van der Waals surface area contributed by atoms with E-state index < -0.39 is 0 Å². The number of alkyl halides is 1. The SMILES string of the molecule is Cc1ccc2nc(CCl)n(C(C)c3ccccn3)c2n1. The molecule has 5 heteroatoms. The van der Waals surface area contributed by atoms with Crippen molar-refractivity contribution in [3.63, 3.8) is 0 Å². The Hall–Kier alpha value is -1.94. The Labute approximate surface area is 122 Å². The van der Waals surface area contributed by atoms with Gasteiger partial charge >= 0.3 is 0 Å². The van der Waals surface area contributed by atoms with Crippen LogP contribution < -0.4 is 0 Å². The summed E-state index contributed by atoms with van der Waals surface area (Å²) in [5.74, 6) is 1.17. The molecule has 1 unspecified atom stereocenters. The van der Waals surface area contributed by atoms with Gasteiger partial charge in [0.05, 0.1) is 17.6 Å². The van der Waals surface area contributed by atoms with Crippen molar-refractivity contribution in [2.45, 2.75) is 25.8 Å². The maximum Gasteiger partial charge on any atom is 0.160 e. The molecule has 20 heavy (non-hydrogen) atoms. The molecule has 0 aliphatic carbocycles. The van der Waals surface area contributed by atoms with Gasteiger partial charge in [0.15, 0.2) is 5.65 Å². The van der Waals surface area contributed by atoms with Crippen LogP contribution in [0.4, 0.5) is 0 Å². The van der Waals surface area contributed by atoms with Gasteiger partial charge in [-0.2, -0.15) is 0 Å². The minimum absolute atomic E-state index is 0.0456. The highest BCUT2D eigenvalue weighted by Gasteiger charge is 2.18. The van der Waals surface area contributed by atoms with Crippen LogP contribution in [0.2, 0.25) is 0 Å².